The molecule has 1 heterocycles. The lowest BCUT2D eigenvalue weighted by Gasteiger charge is -2.17. The second-order valence-corrected chi connectivity index (χ2v) is 6.32. The van der Waals surface area contributed by atoms with Gasteiger partial charge >= 0.3 is 0 Å². The van der Waals surface area contributed by atoms with Gasteiger partial charge in [-0.2, -0.15) is 4.31 Å². The molecule has 94 valence electrons. The van der Waals surface area contributed by atoms with Crippen LogP contribution in [0.3, 0.4) is 0 Å². The average molecular weight is 255 g/mol. The molecule has 0 N–H and O–H groups in total. The van der Waals surface area contributed by atoms with Crippen LogP contribution in [0, 0.1) is 0 Å². The Hall–Kier alpha value is -0.910. The minimum Gasteiger partial charge on any atom is -0.353 e. The number of hydrogen-bond donors (Lipinski definition) is 0. The summed E-state index contributed by atoms with van der Waals surface area (Å²) < 4.78 is 30.8. The second-order valence-electron chi connectivity index (χ2n) is 4.10. The van der Waals surface area contributed by atoms with Crippen LogP contribution in [-0.2, 0) is 14.8 Å². The van der Waals surface area contributed by atoms with Crippen molar-refractivity contribution in [3.05, 3.63) is 35.9 Å². The Kier molecular flexibility index (Phi) is 3.51. The third-order valence-corrected chi connectivity index (χ3v) is 4.90. The van der Waals surface area contributed by atoms with Crippen molar-refractivity contribution in [3.63, 3.8) is 0 Å². The molecular weight excluding hydrogens is 238 g/mol. The first-order valence-corrected chi connectivity index (χ1v) is 7.35. The average Bonchev–Trinajstić information content (AvgIpc) is 2.73. The van der Waals surface area contributed by atoms with Crippen molar-refractivity contribution in [1.29, 1.82) is 0 Å². The van der Waals surface area contributed by atoms with Gasteiger partial charge in [-0.15, -0.1) is 0 Å². The first-order chi connectivity index (χ1) is 8.04. The summed E-state index contributed by atoms with van der Waals surface area (Å²) in [5.41, 5.74) is 1.02. The molecule has 1 saturated heterocycles. The molecule has 4 nitrogen and oxygen atoms in total. The minimum absolute atomic E-state index is 0.113. The lowest BCUT2D eigenvalue weighted by Crippen LogP contribution is -2.35. The fourth-order valence-electron chi connectivity index (χ4n) is 2.02. The summed E-state index contributed by atoms with van der Waals surface area (Å²) in [6.45, 7) is 3.83. The van der Waals surface area contributed by atoms with E-state index in [1.807, 2.05) is 30.3 Å². The molecule has 1 aliphatic rings. The van der Waals surface area contributed by atoms with Crippen LogP contribution in [0.4, 0.5) is 0 Å². The molecule has 2 atom stereocenters. The molecule has 2 rings (SSSR count). The third kappa shape index (κ3) is 2.51. The van der Waals surface area contributed by atoms with Crippen LogP contribution in [0.15, 0.2) is 30.3 Å². The van der Waals surface area contributed by atoms with Gasteiger partial charge in [0.2, 0.25) is 10.0 Å². The van der Waals surface area contributed by atoms with Gasteiger partial charge < -0.3 is 4.74 Å². The molecule has 5 heteroatoms. The molecule has 1 fully saturated rings. The van der Waals surface area contributed by atoms with E-state index in [4.69, 9.17) is 4.74 Å². The molecule has 0 amide bonds. The van der Waals surface area contributed by atoms with E-state index in [-0.39, 0.29) is 18.1 Å². The van der Waals surface area contributed by atoms with E-state index in [0.717, 1.165) is 5.56 Å². The maximum Gasteiger partial charge on any atom is 0.216 e. The van der Waals surface area contributed by atoms with E-state index in [2.05, 4.69) is 0 Å². The SMILES string of the molecule is CCS(=O)(=O)N1CC(c2ccccc2)OC1C. The molecule has 1 aromatic rings. The summed E-state index contributed by atoms with van der Waals surface area (Å²) in [4.78, 5) is 0. The topological polar surface area (TPSA) is 46.6 Å². The van der Waals surface area contributed by atoms with E-state index in [9.17, 15) is 8.42 Å². The first-order valence-electron chi connectivity index (χ1n) is 5.74. The summed E-state index contributed by atoms with van der Waals surface area (Å²) in [5, 5.41) is 0. The van der Waals surface area contributed by atoms with E-state index < -0.39 is 10.0 Å². The van der Waals surface area contributed by atoms with Crippen LogP contribution in [0.25, 0.3) is 0 Å². The fourth-order valence-corrected chi connectivity index (χ4v) is 3.21. The van der Waals surface area contributed by atoms with E-state index in [1.54, 1.807) is 13.8 Å². The van der Waals surface area contributed by atoms with Gasteiger partial charge in [0.05, 0.1) is 11.9 Å². The smallest absolute Gasteiger partial charge is 0.216 e. The van der Waals surface area contributed by atoms with Crippen molar-refractivity contribution in [3.8, 4) is 0 Å². The fraction of sp³-hybridized carbons (Fsp3) is 0.500. The zero-order valence-electron chi connectivity index (χ0n) is 10.0. The Labute approximate surface area is 102 Å². The largest absolute Gasteiger partial charge is 0.353 e. The first kappa shape index (κ1) is 12.5. The van der Waals surface area contributed by atoms with Gasteiger partial charge in [0.1, 0.15) is 6.23 Å². The number of hydrogen-bond acceptors (Lipinski definition) is 3. The molecule has 0 aromatic heterocycles. The zero-order valence-corrected chi connectivity index (χ0v) is 10.9. The van der Waals surface area contributed by atoms with Gasteiger partial charge in [0.25, 0.3) is 0 Å². The summed E-state index contributed by atoms with van der Waals surface area (Å²) >= 11 is 0. The Morgan fingerprint density at radius 1 is 1.35 bits per heavy atom. The molecular formula is C12H17NO3S. The maximum atomic E-state index is 11.8. The summed E-state index contributed by atoms with van der Waals surface area (Å²) in [5.74, 6) is 0.113. The molecule has 0 bridgehead atoms. The van der Waals surface area contributed by atoms with Crippen molar-refractivity contribution < 1.29 is 13.2 Å². The third-order valence-electron chi connectivity index (χ3n) is 3.01. The van der Waals surface area contributed by atoms with E-state index in [1.165, 1.54) is 4.31 Å². The summed E-state index contributed by atoms with van der Waals surface area (Å²) in [6.07, 6.45) is -0.544. The van der Waals surface area contributed by atoms with Crippen molar-refractivity contribution in [2.75, 3.05) is 12.3 Å². The van der Waals surface area contributed by atoms with Crippen LogP contribution in [-0.4, -0.2) is 31.2 Å². The number of benzene rings is 1. The highest BCUT2D eigenvalue weighted by Gasteiger charge is 2.37. The van der Waals surface area contributed by atoms with Crippen molar-refractivity contribution >= 4 is 10.0 Å². The highest BCUT2D eigenvalue weighted by atomic mass is 32.2. The normalized spacial score (nSPS) is 26.2. The second kappa shape index (κ2) is 4.76. The predicted molar refractivity (Wildman–Crippen MR) is 65.9 cm³/mol. The number of nitrogens with zero attached hydrogens (tertiary/aromatic N) is 1. The number of rotatable bonds is 3. The van der Waals surface area contributed by atoms with Gasteiger partial charge in [-0.25, -0.2) is 8.42 Å². The number of ether oxygens (including phenoxy) is 1. The molecule has 1 aliphatic heterocycles. The van der Waals surface area contributed by atoms with E-state index in [0.29, 0.717) is 6.54 Å². The van der Waals surface area contributed by atoms with Gasteiger partial charge in [-0.05, 0) is 19.4 Å². The van der Waals surface area contributed by atoms with Gasteiger partial charge in [0.15, 0.2) is 0 Å². The molecule has 0 radical (unpaired) electrons. The van der Waals surface area contributed by atoms with Crippen LogP contribution in [0.1, 0.15) is 25.5 Å². The Morgan fingerprint density at radius 3 is 2.59 bits per heavy atom. The predicted octanol–water partition coefficient (Wildman–Crippen LogP) is 1.76. The molecule has 0 aliphatic carbocycles. The van der Waals surface area contributed by atoms with Crippen LogP contribution in [0.5, 0.6) is 0 Å². The summed E-state index contributed by atoms with van der Waals surface area (Å²) in [7, 11) is -3.18. The molecule has 0 saturated carbocycles. The number of sulfonamides is 1. The Balaban J connectivity index is 2.18. The Bertz CT molecular complexity index is 472. The highest BCUT2D eigenvalue weighted by molar-refractivity contribution is 7.89. The lowest BCUT2D eigenvalue weighted by atomic mass is 10.1. The van der Waals surface area contributed by atoms with Crippen molar-refractivity contribution in [2.45, 2.75) is 26.2 Å². The molecule has 0 spiro atoms. The highest BCUT2D eigenvalue weighted by Crippen LogP contribution is 2.30. The zero-order chi connectivity index (χ0) is 12.5. The van der Waals surface area contributed by atoms with Gasteiger partial charge in [-0.3, -0.25) is 0 Å². The van der Waals surface area contributed by atoms with Crippen LogP contribution >= 0.6 is 0 Å². The molecule has 1 aromatic carbocycles. The minimum atomic E-state index is -3.18. The monoisotopic (exact) mass is 255 g/mol. The Morgan fingerprint density at radius 2 is 2.00 bits per heavy atom. The quantitative estimate of drug-likeness (QED) is 0.826. The van der Waals surface area contributed by atoms with Crippen LogP contribution < -0.4 is 0 Å². The van der Waals surface area contributed by atoms with E-state index >= 15 is 0 Å². The summed E-state index contributed by atoms with van der Waals surface area (Å²) in [6, 6.07) is 9.71. The lowest BCUT2D eigenvalue weighted by molar-refractivity contribution is 0.0345. The maximum absolute atomic E-state index is 11.8. The standard InChI is InChI=1S/C12H17NO3S/c1-3-17(14,15)13-9-12(16-10(13)2)11-7-5-4-6-8-11/h4-8,10,12H,3,9H2,1-2H3. The molecule has 17 heavy (non-hydrogen) atoms. The van der Waals surface area contributed by atoms with Crippen LogP contribution in [0.2, 0.25) is 0 Å². The van der Waals surface area contributed by atoms with Crippen molar-refractivity contribution in [1.82, 2.24) is 4.31 Å². The van der Waals surface area contributed by atoms with Gasteiger partial charge in [-0.1, -0.05) is 30.3 Å². The van der Waals surface area contributed by atoms with Gasteiger partial charge in [0, 0.05) is 6.54 Å². The molecule has 2 unspecified atom stereocenters. The van der Waals surface area contributed by atoms with Crippen molar-refractivity contribution in [2.24, 2.45) is 0 Å².